The van der Waals surface area contributed by atoms with E-state index in [-0.39, 0.29) is 31.2 Å². The molecule has 0 radical (unpaired) electrons. The molecule has 1 aliphatic heterocycles. The van der Waals surface area contributed by atoms with E-state index < -0.39 is 12.1 Å². The first kappa shape index (κ1) is 18.6. The fraction of sp³-hybridized carbons (Fsp3) is 0.182. The van der Waals surface area contributed by atoms with Crippen LogP contribution in [-0.4, -0.2) is 33.8 Å². The fourth-order valence-corrected chi connectivity index (χ4v) is 3.39. The molecule has 7 nitrogen and oxygen atoms in total. The van der Waals surface area contributed by atoms with Crippen molar-refractivity contribution in [2.45, 2.75) is 25.4 Å². The van der Waals surface area contributed by atoms with Gasteiger partial charge in [0.15, 0.2) is 0 Å². The van der Waals surface area contributed by atoms with Gasteiger partial charge in [0, 0.05) is 18.0 Å². The maximum atomic E-state index is 12.6. The highest BCUT2D eigenvalue weighted by molar-refractivity contribution is 6.05. The number of carbonyl (C=O) groups is 3. The molecule has 29 heavy (non-hydrogen) atoms. The Bertz CT molecular complexity index is 1060. The predicted octanol–water partition coefficient (Wildman–Crippen LogP) is 3.07. The topological polar surface area (TPSA) is 91.4 Å². The molecule has 4 amide bonds. The van der Waals surface area contributed by atoms with Gasteiger partial charge in [0.2, 0.25) is 5.91 Å². The smallest absolute Gasteiger partial charge is 0.325 e. The van der Waals surface area contributed by atoms with Crippen molar-refractivity contribution in [3.05, 3.63) is 72.4 Å². The van der Waals surface area contributed by atoms with Crippen molar-refractivity contribution in [3.63, 3.8) is 0 Å². The summed E-state index contributed by atoms with van der Waals surface area (Å²) in [5.41, 5.74) is 2.34. The Morgan fingerprint density at radius 2 is 1.86 bits per heavy atom. The zero-order valence-electron chi connectivity index (χ0n) is 15.7. The Labute approximate surface area is 167 Å². The van der Waals surface area contributed by atoms with E-state index in [0.29, 0.717) is 5.69 Å². The molecule has 2 aromatic carbocycles. The Balaban J connectivity index is 1.36. The van der Waals surface area contributed by atoms with Gasteiger partial charge in [-0.1, -0.05) is 36.4 Å². The van der Waals surface area contributed by atoms with Crippen LogP contribution in [0.3, 0.4) is 0 Å². The number of amides is 4. The standard InChI is InChI=1S/C22H20N4O3/c27-20(24-18-10-4-9-17-16(18)8-5-13-23-17)12-11-19-21(28)26(22(29)25-19)14-15-6-2-1-3-7-15/h1-10,13,19H,11-12,14H2,(H,24,27)(H,25,29)/t19-/m1/s1. The molecule has 2 N–H and O–H groups in total. The van der Waals surface area contributed by atoms with Crippen molar-refractivity contribution >= 4 is 34.4 Å². The molecule has 1 fully saturated rings. The van der Waals surface area contributed by atoms with E-state index in [9.17, 15) is 14.4 Å². The molecule has 0 bridgehead atoms. The average molecular weight is 388 g/mol. The van der Waals surface area contributed by atoms with Gasteiger partial charge in [-0.2, -0.15) is 0 Å². The van der Waals surface area contributed by atoms with Crippen LogP contribution >= 0.6 is 0 Å². The van der Waals surface area contributed by atoms with Gasteiger partial charge in [0.05, 0.1) is 17.7 Å². The lowest BCUT2D eigenvalue weighted by molar-refractivity contribution is -0.128. The maximum Gasteiger partial charge on any atom is 0.325 e. The first-order chi connectivity index (χ1) is 14.1. The van der Waals surface area contributed by atoms with Gasteiger partial charge in [-0.15, -0.1) is 0 Å². The van der Waals surface area contributed by atoms with E-state index in [0.717, 1.165) is 16.5 Å². The summed E-state index contributed by atoms with van der Waals surface area (Å²) < 4.78 is 0. The third-order valence-electron chi connectivity index (χ3n) is 4.87. The van der Waals surface area contributed by atoms with Crippen molar-refractivity contribution < 1.29 is 14.4 Å². The molecule has 0 unspecified atom stereocenters. The van der Waals surface area contributed by atoms with Crippen molar-refractivity contribution in [2.75, 3.05) is 5.32 Å². The summed E-state index contributed by atoms with van der Waals surface area (Å²) in [5.74, 6) is -0.522. The number of anilines is 1. The molecule has 1 aromatic heterocycles. The third-order valence-corrected chi connectivity index (χ3v) is 4.87. The first-order valence-electron chi connectivity index (χ1n) is 9.41. The molecule has 0 spiro atoms. The van der Waals surface area contributed by atoms with Crippen molar-refractivity contribution in [3.8, 4) is 0 Å². The minimum atomic E-state index is -0.689. The number of rotatable bonds is 6. The van der Waals surface area contributed by atoms with Gasteiger partial charge < -0.3 is 10.6 Å². The summed E-state index contributed by atoms with van der Waals surface area (Å²) in [5, 5.41) is 6.39. The minimum absolute atomic E-state index is 0.118. The molecule has 1 atom stereocenters. The largest absolute Gasteiger partial charge is 0.326 e. The Kier molecular flexibility index (Phi) is 5.20. The van der Waals surface area contributed by atoms with Crippen LogP contribution in [0.25, 0.3) is 10.9 Å². The van der Waals surface area contributed by atoms with Crippen molar-refractivity contribution in [1.29, 1.82) is 0 Å². The van der Waals surface area contributed by atoms with Crippen LogP contribution in [0.15, 0.2) is 66.9 Å². The van der Waals surface area contributed by atoms with Gasteiger partial charge in [-0.25, -0.2) is 4.79 Å². The van der Waals surface area contributed by atoms with Crippen molar-refractivity contribution in [2.24, 2.45) is 0 Å². The second kappa shape index (κ2) is 8.10. The number of carbonyl (C=O) groups excluding carboxylic acids is 3. The Hall–Kier alpha value is -3.74. The summed E-state index contributed by atoms with van der Waals surface area (Å²) in [4.78, 5) is 42.6. The van der Waals surface area contributed by atoms with E-state index in [1.54, 1.807) is 6.20 Å². The highest BCUT2D eigenvalue weighted by Gasteiger charge is 2.37. The van der Waals surface area contributed by atoms with Crippen LogP contribution in [0.5, 0.6) is 0 Å². The average Bonchev–Trinajstić information content (AvgIpc) is 3.01. The molecule has 2 heterocycles. The quantitative estimate of drug-likeness (QED) is 0.635. The molecular weight excluding hydrogens is 368 g/mol. The lowest BCUT2D eigenvalue weighted by atomic mass is 10.1. The fourth-order valence-electron chi connectivity index (χ4n) is 3.39. The third kappa shape index (κ3) is 4.08. The first-order valence-corrected chi connectivity index (χ1v) is 9.41. The molecular formula is C22H20N4O3. The molecule has 7 heteroatoms. The van der Waals surface area contributed by atoms with E-state index in [1.807, 2.05) is 60.7 Å². The number of imide groups is 1. The minimum Gasteiger partial charge on any atom is -0.326 e. The number of aromatic nitrogens is 1. The van der Waals surface area contributed by atoms with Crippen LogP contribution in [0, 0.1) is 0 Å². The molecule has 146 valence electrons. The van der Waals surface area contributed by atoms with Crippen LogP contribution in [0.4, 0.5) is 10.5 Å². The molecule has 0 saturated carbocycles. The van der Waals surface area contributed by atoms with Gasteiger partial charge in [0.1, 0.15) is 6.04 Å². The van der Waals surface area contributed by atoms with Gasteiger partial charge in [0.25, 0.3) is 5.91 Å². The molecule has 3 aromatic rings. The van der Waals surface area contributed by atoms with Crippen LogP contribution < -0.4 is 10.6 Å². The number of nitrogens with zero attached hydrogens (tertiary/aromatic N) is 2. The second-order valence-electron chi connectivity index (χ2n) is 6.87. The number of hydrogen-bond acceptors (Lipinski definition) is 4. The zero-order chi connectivity index (χ0) is 20.2. The van der Waals surface area contributed by atoms with E-state index in [1.165, 1.54) is 4.90 Å². The maximum absolute atomic E-state index is 12.6. The summed E-state index contributed by atoms with van der Waals surface area (Å²) >= 11 is 0. The summed E-state index contributed by atoms with van der Waals surface area (Å²) in [6.45, 7) is 0.219. The normalized spacial score (nSPS) is 16.1. The number of hydrogen-bond donors (Lipinski definition) is 2. The molecule has 1 aliphatic rings. The SMILES string of the molecule is O=C(CC[C@H]1NC(=O)N(Cc2ccccc2)C1=O)Nc1cccc2ncccc12. The Morgan fingerprint density at radius 1 is 1.03 bits per heavy atom. The van der Waals surface area contributed by atoms with E-state index in [2.05, 4.69) is 15.6 Å². The van der Waals surface area contributed by atoms with E-state index in [4.69, 9.17) is 0 Å². The van der Waals surface area contributed by atoms with Gasteiger partial charge >= 0.3 is 6.03 Å². The summed E-state index contributed by atoms with van der Waals surface area (Å²) in [6, 6.07) is 17.4. The zero-order valence-corrected chi connectivity index (χ0v) is 15.7. The van der Waals surface area contributed by atoms with E-state index >= 15 is 0 Å². The van der Waals surface area contributed by atoms with Crippen LogP contribution in [-0.2, 0) is 16.1 Å². The van der Waals surface area contributed by atoms with Gasteiger partial charge in [-0.05, 0) is 36.2 Å². The summed E-state index contributed by atoms with van der Waals surface area (Å²) in [7, 11) is 0. The number of benzene rings is 2. The van der Waals surface area contributed by atoms with Crippen LogP contribution in [0.2, 0.25) is 0 Å². The highest BCUT2D eigenvalue weighted by Crippen LogP contribution is 2.22. The number of pyridine rings is 1. The molecule has 1 saturated heterocycles. The van der Waals surface area contributed by atoms with Crippen molar-refractivity contribution in [1.82, 2.24) is 15.2 Å². The molecule has 0 aliphatic carbocycles. The van der Waals surface area contributed by atoms with Gasteiger partial charge in [-0.3, -0.25) is 19.5 Å². The number of urea groups is 1. The van der Waals surface area contributed by atoms with Crippen LogP contribution in [0.1, 0.15) is 18.4 Å². The number of nitrogens with one attached hydrogen (secondary N) is 2. The molecule has 4 rings (SSSR count). The second-order valence-corrected chi connectivity index (χ2v) is 6.87. The lowest BCUT2D eigenvalue weighted by Crippen LogP contribution is -2.31. The number of fused-ring (bicyclic) bond motifs is 1. The monoisotopic (exact) mass is 388 g/mol. The Morgan fingerprint density at radius 3 is 2.69 bits per heavy atom. The lowest BCUT2D eigenvalue weighted by Gasteiger charge is -2.13. The predicted molar refractivity (Wildman–Crippen MR) is 109 cm³/mol. The summed E-state index contributed by atoms with van der Waals surface area (Å²) in [6.07, 6.45) is 2.06. The highest BCUT2D eigenvalue weighted by atomic mass is 16.2.